The highest BCUT2D eigenvalue weighted by molar-refractivity contribution is 7.10. The molecular weight excluding hydrogens is 256 g/mol. The van der Waals surface area contributed by atoms with Crippen LogP contribution in [0.25, 0.3) is 0 Å². The first-order valence-corrected chi connectivity index (χ1v) is 7.11. The van der Waals surface area contributed by atoms with Crippen LogP contribution in [0.1, 0.15) is 29.0 Å². The van der Waals surface area contributed by atoms with E-state index >= 15 is 0 Å². The molecule has 0 aliphatic heterocycles. The summed E-state index contributed by atoms with van der Waals surface area (Å²) in [5.74, 6) is -0.339. The summed E-state index contributed by atoms with van der Waals surface area (Å²) in [5, 5.41) is 5.33. The van der Waals surface area contributed by atoms with Gasteiger partial charge in [-0.05, 0) is 30.9 Å². The zero-order chi connectivity index (χ0) is 13.8. The predicted molar refractivity (Wildman–Crippen MR) is 79.1 cm³/mol. The topological polar surface area (TPSA) is 55.1 Å². The van der Waals surface area contributed by atoms with Gasteiger partial charge in [0.2, 0.25) is 5.91 Å². The summed E-state index contributed by atoms with van der Waals surface area (Å²) >= 11 is 1.67. The van der Waals surface area contributed by atoms with Crippen LogP contribution in [0.15, 0.2) is 41.8 Å². The molecule has 19 heavy (non-hydrogen) atoms. The summed E-state index contributed by atoms with van der Waals surface area (Å²) in [6, 6.07) is 12.0. The number of hydrogen-bond donors (Lipinski definition) is 2. The van der Waals surface area contributed by atoms with Crippen molar-refractivity contribution in [1.82, 2.24) is 5.32 Å². The van der Waals surface area contributed by atoms with Gasteiger partial charge in [0.15, 0.2) is 0 Å². The van der Waals surface area contributed by atoms with Crippen molar-refractivity contribution in [3.05, 3.63) is 57.8 Å². The summed E-state index contributed by atoms with van der Waals surface area (Å²) in [6.45, 7) is 3.85. The van der Waals surface area contributed by atoms with Gasteiger partial charge in [-0.25, -0.2) is 0 Å². The average molecular weight is 274 g/mol. The molecule has 3 nitrogen and oxygen atoms in total. The van der Waals surface area contributed by atoms with Crippen LogP contribution in [-0.2, 0) is 4.79 Å². The molecule has 1 aromatic heterocycles. The van der Waals surface area contributed by atoms with Gasteiger partial charge in [0, 0.05) is 4.88 Å². The zero-order valence-corrected chi connectivity index (χ0v) is 11.9. The predicted octanol–water partition coefficient (Wildman–Crippen LogP) is 2.61. The lowest BCUT2D eigenvalue weighted by Gasteiger charge is -2.21. The molecule has 0 fully saturated rings. The Bertz CT molecular complexity index is 534. The van der Waals surface area contributed by atoms with Crippen LogP contribution in [0.4, 0.5) is 0 Å². The Morgan fingerprint density at radius 3 is 2.47 bits per heavy atom. The molecule has 3 N–H and O–H groups in total. The fourth-order valence-corrected chi connectivity index (χ4v) is 2.70. The highest BCUT2D eigenvalue weighted by Gasteiger charge is 2.19. The molecule has 100 valence electrons. The van der Waals surface area contributed by atoms with Crippen molar-refractivity contribution >= 4 is 17.2 Å². The highest BCUT2D eigenvalue weighted by Crippen LogP contribution is 2.26. The lowest BCUT2D eigenvalue weighted by atomic mass is 10.0. The monoisotopic (exact) mass is 274 g/mol. The number of carbonyl (C=O) groups excluding carboxylic acids is 1. The second-order valence-electron chi connectivity index (χ2n) is 4.65. The van der Waals surface area contributed by atoms with E-state index in [1.165, 1.54) is 10.4 Å². The van der Waals surface area contributed by atoms with Crippen LogP contribution in [-0.4, -0.2) is 11.9 Å². The van der Waals surface area contributed by atoms with Gasteiger partial charge in [0.05, 0.1) is 12.1 Å². The molecule has 2 aromatic rings. The molecule has 0 saturated heterocycles. The first kappa shape index (κ1) is 13.8. The maximum Gasteiger partial charge on any atom is 0.234 e. The van der Waals surface area contributed by atoms with Gasteiger partial charge < -0.3 is 5.73 Å². The maximum absolute atomic E-state index is 11.3. The van der Waals surface area contributed by atoms with E-state index in [1.54, 1.807) is 18.3 Å². The van der Waals surface area contributed by atoms with Crippen molar-refractivity contribution in [1.29, 1.82) is 0 Å². The Morgan fingerprint density at radius 2 is 1.95 bits per heavy atom. The minimum absolute atomic E-state index is 0.00287. The minimum atomic E-state index is -0.367. The smallest absolute Gasteiger partial charge is 0.234 e. The number of nitrogens with two attached hydrogens (primary N) is 1. The summed E-state index contributed by atoms with van der Waals surface area (Å²) in [4.78, 5) is 12.4. The number of carbonyl (C=O) groups is 1. The van der Waals surface area contributed by atoms with E-state index in [0.717, 1.165) is 5.56 Å². The van der Waals surface area contributed by atoms with Crippen molar-refractivity contribution in [2.45, 2.75) is 25.9 Å². The largest absolute Gasteiger partial charge is 0.368 e. The van der Waals surface area contributed by atoms with Gasteiger partial charge in [-0.3, -0.25) is 10.1 Å². The van der Waals surface area contributed by atoms with Gasteiger partial charge in [-0.15, -0.1) is 11.3 Å². The Kier molecular flexibility index (Phi) is 4.35. The van der Waals surface area contributed by atoms with Crippen LogP contribution in [0, 0.1) is 6.92 Å². The second kappa shape index (κ2) is 5.99. The van der Waals surface area contributed by atoms with E-state index in [9.17, 15) is 4.79 Å². The van der Waals surface area contributed by atoms with E-state index in [0.29, 0.717) is 0 Å². The highest BCUT2D eigenvalue weighted by atomic mass is 32.1. The molecule has 1 aromatic carbocycles. The lowest BCUT2D eigenvalue weighted by Crippen LogP contribution is -2.40. The first-order chi connectivity index (χ1) is 9.08. The van der Waals surface area contributed by atoms with Gasteiger partial charge >= 0.3 is 0 Å². The normalized spacial score (nSPS) is 14.0. The number of primary amides is 1. The van der Waals surface area contributed by atoms with E-state index < -0.39 is 0 Å². The van der Waals surface area contributed by atoms with Crippen molar-refractivity contribution in [2.75, 3.05) is 0 Å². The van der Waals surface area contributed by atoms with Crippen LogP contribution < -0.4 is 11.1 Å². The van der Waals surface area contributed by atoms with Crippen LogP contribution in [0.3, 0.4) is 0 Å². The summed E-state index contributed by atoms with van der Waals surface area (Å²) in [7, 11) is 0. The van der Waals surface area contributed by atoms with Crippen molar-refractivity contribution in [2.24, 2.45) is 5.73 Å². The molecule has 0 aliphatic carbocycles. The molecule has 2 atom stereocenters. The third-order valence-electron chi connectivity index (χ3n) is 3.08. The van der Waals surface area contributed by atoms with E-state index in [4.69, 9.17) is 5.73 Å². The van der Waals surface area contributed by atoms with E-state index in [1.807, 2.05) is 11.4 Å². The molecule has 0 unspecified atom stereocenters. The Hall–Kier alpha value is -1.65. The van der Waals surface area contributed by atoms with Gasteiger partial charge in [0.1, 0.15) is 0 Å². The second-order valence-corrected chi connectivity index (χ2v) is 5.63. The van der Waals surface area contributed by atoms with Gasteiger partial charge in [0.25, 0.3) is 0 Å². The molecule has 0 radical (unpaired) electrons. The number of aryl methyl sites for hydroxylation is 1. The average Bonchev–Trinajstić information content (AvgIpc) is 2.90. The number of amides is 1. The number of benzene rings is 1. The third-order valence-corrected chi connectivity index (χ3v) is 4.02. The van der Waals surface area contributed by atoms with Crippen LogP contribution >= 0.6 is 11.3 Å². The third kappa shape index (κ3) is 3.43. The number of nitrogens with one attached hydrogen (secondary N) is 1. The van der Waals surface area contributed by atoms with Gasteiger partial charge in [-0.1, -0.05) is 35.9 Å². The first-order valence-electron chi connectivity index (χ1n) is 6.23. The minimum Gasteiger partial charge on any atom is -0.368 e. The fourth-order valence-electron chi connectivity index (χ4n) is 1.89. The molecule has 2 rings (SSSR count). The van der Waals surface area contributed by atoms with Crippen molar-refractivity contribution < 1.29 is 4.79 Å². The number of hydrogen-bond acceptors (Lipinski definition) is 3. The van der Waals surface area contributed by atoms with Crippen molar-refractivity contribution in [3.63, 3.8) is 0 Å². The molecule has 0 aliphatic rings. The molecule has 1 amide bonds. The molecule has 0 spiro atoms. The molecular formula is C15H18N2OS. The zero-order valence-electron chi connectivity index (χ0n) is 11.1. The standard InChI is InChI=1S/C15H18N2OS/c1-10-5-7-12(8-6-10)14(13-4-3-9-19-13)17-11(2)15(16)18/h3-9,11,14,17H,1-2H3,(H2,16,18)/t11-,14+/m0/s1. The molecule has 1 heterocycles. The van der Waals surface area contributed by atoms with Crippen LogP contribution in [0.5, 0.6) is 0 Å². The van der Waals surface area contributed by atoms with Crippen LogP contribution in [0.2, 0.25) is 0 Å². The quantitative estimate of drug-likeness (QED) is 0.880. The van der Waals surface area contributed by atoms with Crippen molar-refractivity contribution in [3.8, 4) is 0 Å². The lowest BCUT2D eigenvalue weighted by molar-refractivity contribution is -0.119. The number of rotatable bonds is 5. The molecule has 4 heteroatoms. The summed E-state index contributed by atoms with van der Waals surface area (Å²) in [6.07, 6.45) is 0. The summed E-state index contributed by atoms with van der Waals surface area (Å²) in [5.41, 5.74) is 7.70. The molecule has 0 saturated carbocycles. The number of thiophene rings is 1. The maximum atomic E-state index is 11.3. The van der Waals surface area contributed by atoms with E-state index in [2.05, 4.69) is 42.6 Å². The SMILES string of the molecule is Cc1ccc([C@@H](N[C@@H](C)C(N)=O)c2cccs2)cc1. The van der Waals surface area contributed by atoms with E-state index in [-0.39, 0.29) is 18.0 Å². The fraction of sp³-hybridized carbons (Fsp3) is 0.267. The molecule has 0 bridgehead atoms. The Morgan fingerprint density at radius 1 is 1.26 bits per heavy atom. The summed E-state index contributed by atoms with van der Waals surface area (Å²) < 4.78 is 0. The van der Waals surface area contributed by atoms with Gasteiger partial charge in [-0.2, -0.15) is 0 Å². The Balaban J connectivity index is 2.29. The Labute approximate surface area is 117 Å².